The van der Waals surface area contributed by atoms with Crippen molar-refractivity contribution in [1.82, 2.24) is 14.6 Å². The summed E-state index contributed by atoms with van der Waals surface area (Å²) in [4.78, 5) is 4.62. The second kappa shape index (κ2) is 6.24. The van der Waals surface area contributed by atoms with E-state index in [-0.39, 0.29) is 0 Å². The van der Waals surface area contributed by atoms with Crippen LogP contribution < -0.4 is 4.74 Å². The Balaban J connectivity index is 2.00. The highest BCUT2D eigenvalue weighted by Gasteiger charge is 2.11. The number of methoxy groups -OCH3 is 1. The first-order chi connectivity index (χ1) is 11.1. The van der Waals surface area contributed by atoms with Gasteiger partial charge < -0.3 is 4.74 Å². The molecule has 4 nitrogen and oxygen atoms in total. The number of pyridine rings is 1. The van der Waals surface area contributed by atoms with Crippen LogP contribution in [0.5, 0.6) is 5.75 Å². The Kier molecular flexibility index (Phi) is 4.15. The van der Waals surface area contributed by atoms with Gasteiger partial charge in [0.05, 0.1) is 12.8 Å². The van der Waals surface area contributed by atoms with Crippen molar-refractivity contribution in [1.29, 1.82) is 0 Å². The van der Waals surface area contributed by atoms with Crippen LogP contribution in [0, 0.1) is 5.92 Å². The average molecular weight is 307 g/mol. The van der Waals surface area contributed by atoms with Crippen molar-refractivity contribution in [3.63, 3.8) is 0 Å². The van der Waals surface area contributed by atoms with Crippen molar-refractivity contribution in [2.45, 2.75) is 20.3 Å². The number of fused-ring (bicyclic) bond motifs is 1. The minimum atomic E-state index is 0.433. The third-order valence-corrected chi connectivity index (χ3v) is 3.99. The molecule has 0 aliphatic heterocycles. The Bertz CT molecular complexity index is 831. The Morgan fingerprint density at radius 1 is 1.17 bits per heavy atom. The summed E-state index contributed by atoms with van der Waals surface area (Å²) in [7, 11) is 1.67. The lowest BCUT2D eigenvalue weighted by atomic mass is 10.0. The normalized spacial score (nSPS) is 11.1. The maximum atomic E-state index is 5.22. The molecule has 23 heavy (non-hydrogen) atoms. The summed E-state index contributed by atoms with van der Waals surface area (Å²) in [5, 5.41) is 4.67. The molecule has 0 bridgehead atoms. The monoisotopic (exact) mass is 307 g/mol. The first kappa shape index (κ1) is 15.3. The fourth-order valence-corrected chi connectivity index (χ4v) is 2.41. The maximum absolute atomic E-state index is 5.22. The molecule has 2 heterocycles. The number of ether oxygens (including phenoxy) is 1. The molecule has 3 rings (SSSR count). The summed E-state index contributed by atoms with van der Waals surface area (Å²) in [6, 6.07) is 14.0. The number of allylic oxidation sites excluding steroid dienone is 1. The first-order valence-electron chi connectivity index (χ1n) is 7.75. The van der Waals surface area contributed by atoms with E-state index >= 15 is 0 Å². The SMILES string of the molecule is C=C(Cc1nc2cccc(-c3ccc(OC)cc3)n2n1)C(C)C. The first-order valence-corrected chi connectivity index (χ1v) is 7.75. The zero-order valence-electron chi connectivity index (χ0n) is 13.8. The number of hydrogen-bond acceptors (Lipinski definition) is 3. The molecule has 0 aliphatic carbocycles. The van der Waals surface area contributed by atoms with Crippen molar-refractivity contribution in [2.75, 3.05) is 7.11 Å². The molecule has 0 fully saturated rings. The molecule has 0 spiro atoms. The van der Waals surface area contributed by atoms with E-state index in [1.807, 2.05) is 47.0 Å². The number of aromatic nitrogens is 3. The van der Waals surface area contributed by atoms with Gasteiger partial charge in [-0.3, -0.25) is 0 Å². The molecule has 0 N–H and O–H groups in total. The lowest BCUT2D eigenvalue weighted by Gasteiger charge is -2.06. The second-order valence-electron chi connectivity index (χ2n) is 5.93. The van der Waals surface area contributed by atoms with Crippen molar-refractivity contribution < 1.29 is 4.74 Å². The van der Waals surface area contributed by atoms with E-state index in [1.54, 1.807) is 7.11 Å². The Morgan fingerprint density at radius 3 is 2.57 bits per heavy atom. The predicted molar refractivity (Wildman–Crippen MR) is 92.7 cm³/mol. The molecule has 0 aliphatic rings. The van der Waals surface area contributed by atoms with Crippen molar-refractivity contribution in [3.8, 4) is 17.0 Å². The molecule has 118 valence electrons. The van der Waals surface area contributed by atoms with E-state index in [4.69, 9.17) is 4.74 Å². The molecular formula is C19H21N3O. The van der Waals surface area contributed by atoms with E-state index in [1.165, 1.54) is 0 Å². The quantitative estimate of drug-likeness (QED) is 0.664. The van der Waals surface area contributed by atoms with Gasteiger partial charge >= 0.3 is 0 Å². The second-order valence-corrected chi connectivity index (χ2v) is 5.93. The van der Waals surface area contributed by atoms with Crippen LogP contribution in [0.1, 0.15) is 19.7 Å². The van der Waals surface area contributed by atoms with Crippen LogP contribution in [0.2, 0.25) is 0 Å². The van der Waals surface area contributed by atoms with Crippen molar-refractivity contribution >= 4 is 5.65 Å². The minimum absolute atomic E-state index is 0.433. The van der Waals surface area contributed by atoms with Crippen LogP contribution in [0.4, 0.5) is 0 Å². The minimum Gasteiger partial charge on any atom is -0.497 e. The zero-order valence-corrected chi connectivity index (χ0v) is 13.8. The highest BCUT2D eigenvalue weighted by molar-refractivity contribution is 5.63. The fraction of sp³-hybridized carbons (Fsp3) is 0.263. The van der Waals surface area contributed by atoms with E-state index in [9.17, 15) is 0 Å². The highest BCUT2D eigenvalue weighted by Crippen LogP contribution is 2.23. The van der Waals surface area contributed by atoms with Crippen LogP contribution in [0.3, 0.4) is 0 Å². The van der Waals surface area contributed by atoms with Gasteiger partial charge in [0.1, 0.15) is 5.75 Å². The molecule has 0 amide bonds. The lowest BCUT2D eigenvalue weighted by Crippen LogP contribution is -1.99. The third kappa shape index (κ3) is 3.11. The van der Waals surface area contributed by atoms with E-state index in [0.29, 0.717) is 12.3 Å². The van der Waals surface area contributed by atoms with E-state index in [2.05, 4.69) is 30.5 Å². The number of rotatable bonds is 5. The molecular weight excluding hydrogens is 286 g/mol. The van der Waals surface area contributed by atoms with Gasteiger partial charge in [0.25, 0.3) is 0 Å². The summed E-state index contributed by atoms with van der Waals surface area (Å²) in [5.74, 6) is 2.08. The molecule has 0 atom stereocenters. The zero-order chi connectivity index (χ0) is 16.4. The average Bonchev–Trinajstić information content (AvgIpc) is 2.97. The standard InChI is InChI=1S/C19H21N3O/c1-13(2)14(3)12-18-20-19-7-5-6-17(22(19)21-18)15-8-10-16(23-4)11-9-15/h5-11,13H,3,12H2,1-2,4H3. The van der Waals surface area contributed by atoms with Gasteiger partial charge in [-0.1, -0.05) is 32.1 Å². The molecule has 0 unspecified atom stereocenters. The number of hydrogen-bond donors (Lipinski definition) is 0. The van der Waals surface area contributed by atoms with Gasteiger partial charge in [0, 0.05) is 12.0 Å². The summed E-state index contributed by atoms with van der Waals surface area (Å²) in [6.45, 7) is 8.40. The van der Waals surface area contributed by atoms with Gasteiger partial charge in [-0.25, -0.2) is 9.50 Å². The molecule has 0 saturated heterocycles. The van der Waals surface area contributed by atoms with Crippen LogP contribution in [-0.2, 0) is 6.42 Å². The Morgan fingerprint density at radius 2 is 1.91 bits per heavy atom. The van der Waals surface area contributed by atoms with Crippen LogP contribution >= 0.6 is 0 Å². The molecule has 1 aromatic carbocycles. The largest absolute Gasteiger partial charge is 0.497 e. The molecule has 2 aromatic heterocycles. The maximum Gasteiger partial charge on any atom is 0.156 e. The summed E-state index contributed by atoms with van der Waals surface area (Å²) >= 11 is 0. The smallest absolute Gasteiger partial charge is 0.156 e. The summed E-state index contributed by atoms with van der Waals surface area (Å²) < 4.78 is 7.11. The van der Waals surface area contributed by atoms with Gasteiger partial charge in [-0.2, -0.15) is 5.10 Å². The van der Waals surface area contributed by atoms with Gasteiger partial charge in [-0.05, 0) is 42.3 Å². The van der Waals surface area contributed by atoms with Crippen LogP contribution in [-0.4, -0.2) is 21.7 Å². The summed E-state index contributed by atoms with van der Waals surface area (Å²) in [5.41, 5.74) is 4.09. The highest BCUT2D eigenvalue weighted by atomic mass is 16.5. The molecule has 3 aromatic rings. The van der Waals surface area contributed by atoms with Gasteiger partial charge in [0.15, 0.2) is 11.5 Å². The predicted octanol–water partition coefficient (Wildman–Crippen LogP) is 4.16. The number of nitrogens with zero attached hydrogens (tertiary/aromatic N) is 3. The third-order valence-electron chi connectivity index (χ3n) is 3.99. The van der Waals surface area contributed by atoms with Crippen molar-refractivity contribution in [3.05, 3.63) is 60.4 Å². The van der Waals surface area contributed by atoms with Gasteiger partial charge in [-0.15, -0.1) is 0 Å². The Hall–Kier alpha value is -2.62. The molecule has 0 saturated carbocycles. The molecule has 0 radical (unpaired) electrons. The lowest BCUT2D eigenvalue weighted by molar-refractivity contribution is 0.415. The van der Waals surface area contributed by atoms with E-state index < -0.39 is 0 Å². The van der Waals surface area contributed by atoms with Crippen molar-refractivity contribution in [2.24, 2.45) is 5.92 Å². The van der Waals surface area contributed by atoms with E-state index in [0.717, 1.165) is 34.1 Å². The van der Waals surface area contributed by atoms with Gasteiger partial charge in [0.2, 0.25) is 0 Å². The number of benzene rings is 1. The Labute approximate surface area is 136 Å². The van der Waals surface area contributed by atoms with Crippen LogP contribution in [0.15, 0.2) is 54.6 Å². The fourth-order valence-electron chi connectivity index (χ4n) is 2.41. The van der Waals surface area contributed by atoms with Crippen LogP contribution in [0.25, 0.3) is 16.9 Å². The molecule has 4 heteroatoms. The topological polar surface area (TPSA) is 39.4 Å². The summed E-state index contributed by atoms with van der Waals surface area (Å²) in [6.07, 6.45) is 0.710.